The van der Waals surface area contributed by atoms with Crippen molar-refractivity contribution in [3.8, 4) is 0 Å². The van der Waals surface area contributed by atoms with Crippen LogP contribution in [0.25, 0.3) is 0 Å². The molecule has 1 unspecified atom stereocenters. The summed E-state index contributed by atoms with van der Waals surface area (Å²) in [6, 6.07) is 0.264. The molecule has 3 nitrogen and oxygen atoms in total. The van der Waals surface area contributed by atoms with E-state index in [1.54, 1.807) is 0 Å². The summed E-state index contributed by atoms with van der Waals surface area (Å²) in [5, 5.41) is 0. The number of piperazine rings is 1. The fourth-order valence-electron chi connectivity index (χ4n) is 2.33. The molecule has 1 atom stereocenters. The van der Waals surface area contributed by atoms with Crippen LogP contribution in [0, 0.1) is 5.92 Å². The first-order chi connectivity index (χ1) is 7.66. The maximum atomic E-state index is 5.68. The normalized spacial score (nSPS) is 25.6. The molecular formula is C12H23N3S. The van der Waals surface area contributed by atoms with Gasteiger partial charge in [0.2, 0.25) is 0 Å². The molecule has 0 aromatic carbocycles. The van der Waals surface area contributed by atoms with Crippen molar-refractivity contribution in [2.45, 2.75) is 32.2 Å². The molecule has 92 valence electrons. The van der Waals surface area contributed by atoms with Crippen LogP contribution in [0.3, 0.4) is 0 Å². The van der Waals surface area contributed by atoms with Crippen LogP contribution in [0.2, 0.25) is 0 Å². The minimum Gasteiger partial charge on any atom is -0.392 e. The van der Waals surface area contributed by atoms with Crippen molar-refractivity contribution < 1.29 is 0 Å². The van der Waals surface area contributed by atoms with Crippen LogP contribution >= 0.6 is 12.2 Å². The topological polar surface area (TPSA) is 32.5 Å². The summed E-state index contributed by atoms with van der Waals surface area (Å²) in [7, 11) is 0. The lowest BCUT2D eigenvalue weighted by Gasteiger charge is -2.37. The molecule has 1 saturated carbocycles. The van der Waals surface area contributed by atoms with E-state index in [1.165, 1.54) is 38.9 Å². The Morgan fingerprint density at radius 2 is 1.94 bits per heavy atom. The summed E-state index contributed by atoms with van der Waals surface area (Å²) >= 11 is 5.04. The van der Waals surface area contributed by atoms with Crippen LogP contribution in [0.1, 0.15) is 26.2 Å². The minimum absolute atomic E-state index is 0.264. The second-order valence-electron chi connectivity index (χ2n) is 5.19. The van der Waals surface area contributed by atoms with E-state index in [-0.39, 0.29) is 6.04 Å². The maximum absolute atomic E-state index is 5.68. The predicted molar refractivity (Wildman–Crippen MR) is 71.6 cm³/mol. The van der Waals surface area contributed by atoms with Gasteiger partial charge in [-0.15, -0.1) is 0 Å². The summed E-state index contributed by atoms with van der Waals surface area (Å²) in [4.78, 5) is 5.61. The lowest BCUT2D eigenvalue weighted by Crippen LogP contribution is -2.52. The molecule has 1 saturated heterocycles. The second-order valence-corrected chi connectivity index (χ2v) is 5.66. The van der Waals surface area contributed by atoms with E-state index in [0.29, 0.717) is 4.99 Å². The zero-order valence-electron chi connectivity index (χ0n) is 10.2. The van der Waals surface area contributed by atoms with Gasteiger partial charge in [-0.2, -0.15) is 0 Å². The van der Waals surface area contributed by atoms with E-state index < -0.39 is 0 Å². The zero-order chi connectivity index (χ0) is 11.5. The van der Waals surface area contributed by atoms with E-state index in [0.717, 1.165) is 19.0 Å². The molecule has 0 aromatic rings. The molecule has 0 radical (unpaired) electrons. The van der Waals surface area contributed by atoms with Gasteiger partial charge >= 0.3 is 0 Å². The monoisotopic (exact) mass is 241 g/mol. The van der Waals surface area contributed by atoms with E-state index in [9.17, 15) is 0 Å². The molecule has 2 rings (SSSR count). The molecule has 16 heavy (non-hydrogen) atoms. The molecule has 2 N–H and O–H groups in total. The Kier molecular flexibility index (Phi) is 4.16. The van der Waals surface area contributed by atoms with Gasteiger partial charge in [-0.3, -0.25) is 4.90 Å². The van der Waals surface area contributed by atoms with Crippen molar-refractivity contribution in [1.29, 1.82) is 0 Å². The fraction of sp³-hybridized carbons (Fsp3) is 0.917. The van der Waals surface area contributed by atoms with Gasteiger partial charge in [0.1, 0.15) is 0 Å². The molecule has 0 bridgehead atoms. The Morgan fingerprint density at radius 3 is 2.44 bits per heavy atom. The maximum Gasteiger partial charge on any atom is 0.0899 e. The van der Waals surface area contributed by atoms with Gasteiger partial charge in [-0.1, -0.05) is 25.1 Å². The van der Waals surface area contributed by atoms with Crippen molar-refractivity contribution in [3.05, 3.63) is 0 Å². The number of hydrogen-bond donors (Lipinski definition) is 1. The van der Waals surface area contributed by atoms with Crippen molar-refractivity contribution >= 4 is 17.2 Å². The molecular weight excluding hydrogens is 218 g/mol. The number of thiocarbonyl (C=S) groups is 1. The van der Waals surface area contributed by atoms with Crippen LogP contribution in [0.5, 0.6) is 0 Å². The Morgan fingerprint density at radius 1 is 1.31 bits per heavy atom. The number of rotatable bonds is 5. The first-order valence-electron chi connectivity index (χ1n) is 6.42. The molecule has 0 aromatic heterocycles. The summed E-state index contributed by atoms with van der Waals surface area (Å²) in [5.41, 5.74) is 5.68. The quantitative estimate of drug-likeness (QED) is 0.730. The molecule has 2 aliphatic rings. The van der Waals surface area contributed by atoms with Crippen LogP contribution in [-0.2, 0) is 0 Å². The van der Waals surface area contributed by atoms with Crippen molar-refractivity contribution in [2.75, 3.05) is 32.7 Å². The highest BCUT2D eigenvalue weighted by molar-refractivity contribution is 7.80. The smallest absolute Gasteiger partial charge is 0.0899 e. The Hall–Kier alpha value is -0.190. The van der Waals surface area contributed by atoms with Gasteiger partial charge in [-0.25, -0.2) is 0 Å². The van der Waals surface area contributed by atoms with Gasteiger partial charge in [0, 0.05) is 26.2 Å². The predicted octanol–water partition coefficient (Wildman–Crippen LogP) is 1.08. The summed E-state index contributed by atoms with van der Waals surface area (Å²) in [6.07, 6.45) is 4.35. The van der Waals surface area contributed by atoms with Crippen LogP contribution in [0.15, 0.2) is 0 Å². The summed E-state index contributed by atoms with van der Waals surface area (Å²) < 4.78 is 0. The third-order valence-electron chi connectivity index (χ3n) is 3.92. The van der Waals surface area contributed by atoms with Gasteiger partial charge in [0.05, 0.1) is 11.0 Å². The molecule has 0 amide bonds. The lowest BCUT2D eigenvalue weighted by molar-refractivity contribution is 0.120. The van der Waals surface area contributed by atoms with Gasteiger partial charge < -0.3 is 10.6 Å². The summed E-state index contributed by atoms with van der Waals surface area (Å²) in [6.45, 7) is 7.99. The highest BCUT2D eigenvalue weighted by atomic mass is 32.1. The van der Waals surface area contributed by atoms with E-state index in [2.05, 4.69) is 16.7 Å². The van der Waals surface area contributed by atoms with E-state index in [4.69, 9.17) is 18.0 Å². The molecule has 4 heteroatoms. The highest BCUT2D eigenvalue weighted by Gasteiger charge is 2.25. The number of nitrogens with zero attached hydrogens (tertiary/aromatic N) is 2. The number of nitrogens with two attached hydrogens (primary N) is 1. The highest BCUT2D eigenvalue weighted by Crippen LogP contribution is 2.32. The zero-order valence-corrected chi connectivity index (χ0v) is 11.0. The Bertz CT molecular complexity index is 245. The van der Waals surface area contributed by atoms with Gasteiger partial charge in [-0.05, 0) is 25.8 Å². The average Bonchev–Trinajstić information content (AvgIpc) is 3.10. The van der Waals surface area contributed by atoms with Crippen molar-refractivity contribution in [3.63, 3.8) is 0 Å². The van der Waals surface area contributed by atoms with E-state index >= 15 is 0 Å². The lowest BCUT2D eigenvalue weighted by atomic mass is 10.2. The van der Waals surface area contributed by atoms with Crippen molar-refractivity contribution in [2.24, 2.45) is 11.7 Å². The van der Waals surface area contributed by atoms with Crippen molar-refractivity contribution in [1.82, 2.24) is 9.80 Å². The molecule has 1 heterocycles. The Labute approximate surface area is 104 Å². The van der Waals surface area contributed by atoms with Crippen LogP contribution < -0.4 is 5.73 Å². The third-order valence-corrected chi connectivity index (χ3v) is 4.26. The Balaban J connectivity index is 1.66. The minimum atomic E-state index is 0.264. The standard InChI is InChI=1S/C12H23N3S/c1-10(12(13)16)15-8-6-14(7-9-15)5-4-11-2-3-11/h10-11H,2-9H2,1H3,(H2,13,16). The van der Waals surface area contributed by atoms with E-state index in [1.807, 2.05) is 0 Å². The van der Waals surface area contributed by atoms with Gasteiger partial charge in [0.25, 0.3) is 0 Å². The first-order valence-corrected chi connectivity index (χ1v) is 6.83. The SMILES string of the molecule is CC(C(N)=S)N1CCN(CCC2CC2)CC1. The molecule has 0 spiro atoms. The first kappa shape index (κ1) is 12.3. The second kappa shape index (κ2) is 5.43. The van der Waals surface area contributed by atoms with Crippen LogP contribution in [0.4, 0.5) is 0 Å². The molecule has 2 fully saturated rings. The molecule has 1 aliphatic carbocycles. The summed E-state index contributed by atoms with van der Waals surface area (Å²) in [5.74, 6) is 1.05. The fourth-order valence-corrected chi connectivity index (χ4v) is 2.47. The largest absolute Gasteiger partial charge is 0.392 e. The average molecular weight is 241 g/mol. The molecule has 1 aliphatic heterocycles. The van der Waals surface area contributed by atoms with Crippen LogP contribution in [-0.4, -0.2) is 53.6 Å². The van der Waals surface area contributed by atoms with Gasteiger partial charge in [0.15, 0.2) is 0 Å². The third kappa shape index (κ3) is 3.40. The number of hydrogen-bond acceptors (Lipinski definition) is 3.